The standard InChI is InChI=1S/C12H18N2O2S.ClH/c1-11-9-14(8-7-13-11)17(15,16)10-12-5-3-2-4-6-12;/h2-6,11,13H,7-10H2,1H3;1H/t11-;/m1./s1. The zero-order valence-corrected chi connectivity index (χ0v) is 12.0. The van der Waals surface area contributed by atoms with E-state index < -0.39 is 10.0 Å². The zero-order valence-electron chi connectivity index (χ0n) is 10.4. The van der Waals surface area contributed by atoms with Gasteiger partial charge in [0.25, 0.3) is 0 Å². The largest absolute Gasteiger partial charge is 0.312 e. The zero-order chi connectivity index (χ0) is 12.3. The molecule has 0 amide bonds. The van der Waals surface area contributed by atoms with Crippen molar-refractivity contribution in [1.29, 1.82) is 0 Å². The van der Waals surface area contributed by atoms with Crippen LogP contribution in [0.15, 0.2) is 30.3 Å². The fourth-order valence-corrected chi connectivity index (χ4v) is 3.64. The maximum Gasteiger partial charge on any atom is 0.218 e. The van der Waals surface area contributed by atoms with Gasteiger partial charge in [-0.2, -0.15) is 4.31 Å². The Morgan fingerprint density at radius 3 is 2.61 bits per heavy atom. The smallest absolute Gasteiger partial charge is 0.218 e. The lowest BCUT2D eigenvalue weighted by Crippen LogP contribution is -2.51. The molecule has 1 aliphatic rings. The molecular formula is C12H19ClN2O2S. The molecule has 1 saturated heterocycles. The van der Waals surface area contributed by atoms with Gasteiger partial charge in [0.1, 0.15) is 0 Å². The molecule has 1 aliphatic heterocycles. The minimum absolute atomic E-state index is 0. The molecule has 0 saturated carbocycles. The van der Waals surface area contributed by atoms with Crippen LogP contribution in [0.2, 0.25) is 0 Å². The average molecular weight is 291 g/mol. The molecule has 0 aromatic heterocycles. The minimum atomic E-state index is -3.18. The second kappa shape index (κ2) is 6.52. The highest BCUT2D eigenvalue weighted by atomic mass is 35.5. The number of rotatable bonds is 3. The molecule has 1 aromatic rings. The van der Waals surface area contributed by atoms with Crippen LogP contribution in [0.1, 0.15) is 12.5 Å². The van der Waals surface area contributed by atoms with Gasteiger partial charge in [0.2, 0.25) is 10.0 Å². The quantitative estimate of drug-likeness (QED) is 0.911. The Morgan fingerprint density at radius 2 is 2.00 bits per heavy atom. The first-order chi connectivity index (χ1) is 8.08. The Labute approximate surface area is 115 Å². The molecule has 1 fully saturated rings. The molecule has 4 nitrogen and oxygen atoms in total. The number of nitrogens with one attached hydrogen (secondary N) is 1. The van der Waals surface area contributed by atoms with E-state index in [0.29, 0.717) is 13.1 Å². The molecule has 1 N–H and O–H groups in total. The molecule has 0 bridgehead atoms. The van der Waals surface area contributed by atoms with Crippen LogP contribution in [-0.2, 0) is 15.8 Å². The van der Waals surface area contributed by atoms with Gasteiger partial charge in [-0.3, -0.25) is 0 Å². The van der Waals surface area contributed by atoms with Crippen molar-refractivity contribution >= 4 is 22.4 Å². The van der Waals surface area contributed by atoms with Gasteiger partial charge in [-0.15, -0.1) is 12.4 Å². The second-order valence-corrected chi connectivity index (χ2v) is 6.42. The van der Waals surface area contributed by atoms with E-state index in [1.807, 2.05) is 37.3 Å². The number of piperazine rings is 1. The Balaban J connectivity index is 0.00000162. The fraction of sp³-hybridized carbons (Fsp3) is 0.500. The van der Waals surface area contributed by atoms with Crippen LogP contribution in [0.3, 0.4) is 0 Å². The summed E-state index contributed by atoms with van der Waals surface area (Å²) in [5, 5.41) is 3.24. The third-order valence-corrected chi connectivity index (χ3v) is 4.73. The molecule has 102 valence electrons. The lowest BCUT2D eigenvalue weighted by molar-refractivity contribution is 0.310. The SMILES string of the molecule is C[C@@H]1CN(S(=O)(=O)Cc2ccccc2)CCN1.Cl. The topological polar surface area (TPSA) is 49.4 Å². The molecule has 0 aliphatic carbocycles. The summed E-state index contributed by atoms with van der Waals surface area (Å²) in [6, 6.07) is 9.56. The van der Waals surface area contributed by atoms with Gasteiger partial charge >= 0.3 is 0 Å². The number of halogens is 1. The Hall–Kier alpha value is -0.620. The van der Waals surface area contributed by atoms with Crippen molar-refractivity contribution in [3.8, 4) is 0 Å². The summed E-state index contributed by atoms with van der Waals surface area (Å²) >= 11 is 0. The fourth-order valence-electron chi connectivity index (χ4n) is 2.03. The minimum Gasteiger partial charge on any atom is -0.312 e. The van der Waals surface area contributed by atoms with E-state index in [1.165, 1.54) is 0 Å². The van der Waals surface area contributed by atoms with Crippen molar-refractivity contribution in [1.82, 2.24) is 9.62 Å². The molecule has 0 unspecified atom stereocenters. The maximum atomic E-state index is 12.2. The lowest BCUT2D eigenvalue weighted by Gasteiger charge is -2.31. The number of nitrogens with zero attached hydrogens (tertiary/aromatic N) is 1. The van der Waals surface area contributed by atoms with Gasteiger partial charge in [-0.1, -0.05) is 30.3 Å². The van der Waals surface area contributed by atoms with Crippen LogP contribution < -0.4 is 5.32 Å². The van der Waals surface area contributed by atoms with Gasteiger partial charge < -0.3 is 5.32 Å². The van der Waals surface area contributed by atoms with E-state index in [4.69, 9.17) is 0 Å². The van der Waals surface area contributed by atoms with Crippen molar-refractivity contribution in [2.24, 2.45) is 0 Å². The predicted molar refractivity (Wildman–Crippen MR) is 75.4 cm³/mol. The molecule has 18 heavy (non-hydrogen) atoms. The first-order valence-corrected chi connectivity index (χ1v) is 7.44. The summed E-state index contributed by atoms with van der Waals surface area (Å²) in [7, 11) is -3.18. The molecule has 1 aromatic carbocycles. The Kier molecular flexibility index (Phi) is 5.59. The van der Waals surface area contributed by atoms with Crippen molar-refractivity contribution in [2.75, 3.05) is 19.6 Å². The van der Waals surface area contributed by atoms with Gasteiger partial charge in [0.15, 0.2) is 0 Å². The van der Waals surface area contributed by atoms with E-state index in [1.54, 1.807) is 4.31 Å². The molecule has 1 heterocycles. The maximum absolute atomic E-state index is 12.2. The highest BCUT2D eigenvalue weighted by Gasteiger charge is 2.26. The molecular weight excluding hydrogens is 272 g/mol. The van der Waals surface area contributed by atoms with Crippen LogP contribution in [0.25, 0.3) is 0 Å². The van der Waals surface area contributed by atoms with Gasteiger partial charge in [-0.25, -0.2) is 8.42 Å². The number of sulfonamides is 1. The van der Waals surface area contributed by atoms with Crippen LogP contribution >= 0.6 is 12.4 Å². The molecule has 6 heteroatoms. The van der Waals surface area contributed by atoms with Crippen LogP contribution in [0, 0.1) is 0 Å². The van der Waals surface area contributed by atoms with Gasteiger partial charge in [0, 0.05) is 25.7 Å². The predicted octanol–water partition coefficient (Wildman–Crippen LogP) is 1.23. The van der Waals surface area contributed by atoms with Gasteiger partial charge in [-0.05, 0) is 12.5 Å². The summed E-state index contributed by atoms with van der Waals surface area (Å²) in [6.45, 7) is 3.87. The van der Waals surface area contributed by atoms with E-state index in [0.717, 1.165) is 12.1 Å². The van der Waals surface area contributed by atoms with Crippen molar-refractivity contribution < 1.29 is 8.42 Å². The number of hydrogen-bond donors (Lipinski definition) is 1. The summed E-state index contributed by atoms with van der Waals surface area (Å²) in [5.41, 5.74) is 0.846. The van der Waals surface area contributed by atoms with E-state index >= 15 is 0 Å². The monoisotopic (exact) mass is 290 g/mol. The number of benzene rings is 1. The molecule has 2 rings (SSSR count). The molecule has 0 spiro atoms. The van der Waals surface area contributed by atoms with Crippen LogP contribution in [-0.4, -0.2) is 38.4 Å². The average Bonchev–Trinajstić information content (AvgIpc) is 2.30. The highest BCUT2D eigenvalue weighted by molar-refractivity contribution is 7.88. The third kappa shape index (κ3) is 3.95. The highest BCUT2D eigenvalue weighted by Crippen LogP contribution is 2.12. The Bertz CT molecular complexity index is 464. The Morgan fingerprint density at radius 1 is 1.33 bits per heavy atom. The van der Waals surface area contributed by atoms with Crippen LogP contribution in [0.5, 0.6) is 0 Å². The lowest BCUT2D eigenvalue weighted by atomic mass is 10.2. The van der Waals surface area contributed by atoms with E-state index in [2.05, 4.69) is 5.32 Å². The number of hydrogen-bond acceptors (Lipinski definition) is 3. The summed E-state index contributed by atoms with van der Waals surface area (Å²) in [4.78, 5) is 0. The first-order valence-electron chi connectivity index (χ1n) is 5.83. The summed E-state index contributed by atoms with van der Waals surface area (Å²) in [5.74, 6) is 0.0978. The second-order valence-electron chi connectivity index (χ2n) is 4.46. The summed E-state index contributed by atoms with van der Waals surface area (Å²) < 4.78 is 26.0. The molecule has 1 atom stereocenters. The van der Waals surface area contributed by atoms with Crippen molar-refractivity contribution in [3.63, 3.8) is 0 Å². The van der Waals surface area contributed by atoms with Crippen LogP contribution in [0.4, 0.5) is 0 Å². The first kappa shape index (κ1) is 15.4. The van der Waals surface area contributed by atoms with E-state index in [-0.39, 0.29) is 24.2 Å². The summed E-state index contributed by atoms with van der Waals surface area (Å²) in [6.07, 6.45) is 0. The molecule has 0 radical (unpaired) electrons. The van der Waals surface area contributed by atoms with Crippen molar-refractivity contribution in [3.05, 3.63) is 35.9 Å². The van der Waals surface area contributed by atoms with E-state index in [9.17, 15) is 8.42 Å². The van der Waals surface area contributed by atoms with Crippen molar-refractivity contribution in [2.45, 2.75) is 18.7 Å². The normalized spacial score (nSPS) is 21.3. The third-order valence-electron chi connectivity index (χ3n) is 2.92. The van der Waals surface area contributed by atoms with Gasteiger partial charge in [0.05, 0.1) is 5.75 Å².